The molecule has 0 saturated heterocycles. The lowest BCUT2D eigenvalue weighted by Crippen LogP contribution is -2.24. The van der Waals surface area contributed by atoms with Crippen LogP contribution < -0.4 is 10.1 Å². The van der Waals surface area contributed by atoms with E-state index in [0.29, 0.717) is 15.2 Å². The van der Waals surface area contributed by atoms with E-state index >= 15 is 0 Å². The summed E-state index contributed by atoms with van der Waals surface area (Å²) in [6, 6.07) is 9.15. The molecular formula is C17H14BrClFNO4. The van der Waals surface area contributed by atoms with E-state index in [-0.39, 0.29) is 12.3 Å². The Hall–Kier alpha value is -2.12. The average molecular weight is 431 g/mol. The van der Waals surface area contributed by atoms with Gasteiger partial charge in [0.1, 0.15) is 11.6 Å². The largest absolute Gasteiger partial charge is 0.482 e. The van der Waals surface area contributed by atoms with E-state index < -0.39 is 24.3 Å². The van der Waals surface area contributed by atoms with E-state index in [1.165, 1.54) is 12.1 Å². The molecule has 0 aliphatic heterocycles. The van der Waals surface area contributed by atoms with Gasteiger partial charge in [0.2, 0.25) is 0 Å². The van der Waals surface area contributed by atoms with Gasteiger partial charge in [-0.15, -0.1) is 0 Å². The number of carbonyl (C=O) groups is 2. The maximum atomic E-state index is 13.6. The topological polar surface area (TPSA) is 64.6 Å². The molecule has 0 aromatic heterocycles. The molecule has 2 aromatic rings. The minimum Gasteiger partial charge on any atom is -0.482 e. The van der Waals surface area contributed by atoms with Gasteiger partial charge >= 0.3 is 5.97 Å². The molecule has 1 N–H and O–H groups in total. The first-order valence-corrected chi connectivity index (χ1v) is 8.31. The van der Waals surface area contributed by atoms with Gasteiger partial charge in [-0.05, 0) is 48.9 Å². The van der Waals surface area contributed by atoms with Crippen LogP contribution in [0.3, 0.4) is 0 Å². The molecule has 0 aliphatic carbocycles. The van der Waals surface area contributed by atoms with Crippen LogP contribution in [0.5, 0.6) is 5.75 Å². The molecule has 0 bridgehead atoms. The van der Waals surface area contributed by atoms with Crippen molar-refractivity contribution in [3.8, 4) is 5.75 Å². The number of nitrogens with one attached hydrogen (secondary N) is 1. The number of aryl methyl sites for hydroxylation is 1. The Morgan fingerprint density at radius 1 is 1.20 bits per heavy atom. The minimum atomic E-state index is -0.722. The first-order chi connectivity index (χ1) is 11.8. The molecule has 2 aromatic carbocycles. The summed E-state index contributed by atoms with van der Waals surface area (Å²) >= 11 is 8.94. The average Bonchev–Trinajstić information content (AvgIpc) is 2.55. The summed E-state index contributed by atoms with van der Waals surface area (Å²) in [5.74, 6) is -1.49. The standard InChI is InChI=1S/C17H14BrClFNO4/c1-10-6-12(19)3-5-15(10)24-9-17(23)25-8-16(22)21-14-4-2-11(18)7-13(14)20/h2-7H,8-9H2,1H3,(H,21,22). The van der Waals surface area contributed by atoms with Crippen LogP contribution in [-0.2, 0) is 14.3 Å². The molecule has 0 saturated carbocycles. The first-order valence-electron chi connectivity index (χ1n) is 7.14. The molecule has 0 spiro atoms. The number of esters is 1. The second-order valence-electron chi connectivity index (χ2n) is 5.03. The fourth-order valence-corrected chi connectivity index (χ4v) is 2.44. The summed E-state index contributed by atoms with van der Waals surface area (Å²) in [6.45, 7) is 0.881. The van der Waals surface area contributed by atoms with Gasteiger partial charge in [0.15, 0.2) is 13.2 Å². The molecule has 0 heterocycles. The molecule has 8 heteroatoms. The molecular weight excluding hydrogens is 417 g/mol. The maximum Gasteiger partial charge on any atom is 0.344 e. The summed E-state index contributed by atoms with van der Waals surface area (Å²) in [5, 5.41) is 2.87. The fourth-order valence-electron chi connectivity index (χ4n) is 1.88. The Morgan fingerprint density at radius 2 is 1.96 bits per heavy atom. The summed E-state index contributed by atoms with van der Waals surface area (Å²) in [4.78, 5) is 23.3. The van der Waals surface area contributed by atoms with Crippen LogP contribution in [0, 0.1) is 12.7 Å². The lowest BCUT2D eigenvalue weighted by molar-refractivity contribution is -0.149. The van der Waals surface area contributed by atoms with Crippen LogP contribution in [-0.4, -0.2) is 25.1 Å². The van der Waals surface area contributed by atoms with Crippen LogP contribution in [0.15, 0.2) is 40.9 Å². The monoisotopic (exact) mass is 429 g/mol. The van der Waals surface area contributed by atoms with E-state index in [9.17, 15) is 14.0 Å². The van der Waals surface area contributed by atoms with Crippen LogP contribution in [0.25, 0.3) is 0 Å². The second-order valence-corrected chi connectivity index (χ2v) is 6.38. The molecule has 5 nitrogen and oxygen atoms in total. The van der Waals surface area contributed by atoms with E-state index in [0.717, 1.165) is 5.56 Å². The van der Waals surface area contributed by atoms with Crippen molar-refractivity contribution >= 4 is 45.1 Å². The number of amides is 1. The highest BCUT2D eigenvalue weighted by atomic mass is 79.9. The van der Waals surface area contributed by atoms with Crippen molar-refractivity contribution in [3.63, 3.8) is 0 Å². The molecule has 0 fully saturated rings. The van der Waals surface area contributed by atoms with Gasteiger partial charge in [-0.1, -0.05) is 27.5 Å². The summed E-state index contributed by atoms with van der Waals surface area (Å²) in [7, 11) is 0. The quantitative estimate of drug-likeness (QED) is 0.701. The normalized spacial score (nSPS) is 10.2. The van der Waals surface area contributed by atoms with Gasteiger partial charge in [0.25, 0.3) is 5.91 Å². The van der Waals surface area contributed by atoms with E-state index in [1.54, 1.807) is 31.2 Å². The highest BCUT2D eigenvalue weighted by Gasteiger charge is 2.11. The van der Waals surface area contributed by atoms with Crippen molar-refractivity contribution in [1.82, 2.24) is 0 Å². The second kappa shape index (κ2) is 8.82. The number of rotatable bonds is 6. The van der Waals surface area contributed by atoms with Crippen molar-refractivity contribution < 1.29 is 23.5 Å². The lowest BCUT2D eigenvalue weighted by atomic mass is 10.2. The summed E-state index contributed by atoms with van der Waals surface area (Å²) in [5.41, 5.74) is 0.765. The SMILES string of the molecule is Cc1cc(Cl)ccc1OCC(=O)OCC(=O)Nc1ccc(Br)cc1F. The van der Waals surface area contributed by atoms with Crippen LogP contribution in [0.2, 0.25) is 5.02 Å². The third-order valence-electron chi connectivity index (χ3n) is 3.05. The van der Waals surface area contributed by atoms with Crippen molar-refractivity contribution in [2.24, 2.45) is 0 Å². The number of carbonyl (C=O) groups excluding carboxylic acids is 2. The molecule has 1 amide bonds. The lowest BCUT2D eigenvalue weighted by Gasteiger charge is -2.10. The Kier molecular flexibility index (Phi) is 6.78. The van der Waals surface area contributed by atoms with Gasteiger partial charge in [-0.25, -0.2) is 9.18 Å². The first kappa shape index (κ1) is 19.2. The number of hydrogen-bond donors (Lipinski definition) is 1. The minimum absolute atomic E-state index is 0.00251. The van der Waals surface area contributed by atoms with Crippen LogP contribution >= 0.6 is 27.5 Å². The van der Waals surface area contributed by atoms with Crippen LogP contribution in [0.1, 0.15) is 5.56 Å². The number of hydrogen-bond acceptors (Lipinski definition) is 4. The van der Waals surface area contributed by atoms with Crippen molar-refractivity contribution in [3.05, 3.63) is 57.3 Å². The molecule has 0 aliphatic rings. The van der Waals surface area contributed by atoms with Crippen LogP contribution in [0.4, 0.5) is 10.1 Å². The molecule has 0 radical (unpaired) electrons. The number of benzene rings is 2. The number of ether oxygens (including phenoxy) is 2. The Morgan fingerprint density at radius 3 is 2.64 bits per heavy atom. The van der Waals surface area contributed by atoms with E-state index in [4.69, 9.17) is 21.1 Å². The zero-order chi connectivity index (χ0) is 18.4. The van der Waals surface area contributed by atoms with Gasteiger partial charge in [0.05, 0.1) is 5.69 Å². The highest BCUT2D eigenvalue weighted by Crippen LogP contribution is 2.22. The predicted molar refractivity (Wildman–Crippen MR) is 95.4 cm³/mol. The van der Waals surface area contributed by atoms with Gasteiger partial charge in [-0.2, -0.15) is 0 Å². The number of anilines is 1. The molecule has 2 rings (SSSR count). The highest BCUT2D eigenvalue weighted by molar-refractivity contribution is 9.10. The molecule has 132 valence electrons. The number of halogens is 3. The van der Waals surface area contributed by atoms with Crippen molar-refractivity contribution in [2.75, 3.05) is 18.5 Å². The zero-order valence-electron chi connectivity index (χ0n) is 13.1. The Bertz CT molecular complexity index is 800. The van der Waals surface area contributed by atoms with E-state index in [1.807, 2.05) is 0 Å². The molecule has 25 heavy (non-hydrogen) atoms. The summed E-state index contributed by atoms with van der Waals surface area (Å²) < 4.78 is 24.2. The van der Waals surface area contributed by atoms with Crippen molar-refractivity contribution in [2.45, 2.75) is 6.92 Å². The Balaban J connectivity index is 1.78. The van der Waals surface area contributed by atoms with Gasteiger partial charge < -0.3 is 14.8 Å². The van der Waals surface area contributed by atoms with Crippen molar-refractivity contribution in [1.29, 1.82) is 0 Å². The van der Waals surface area contributed by atoms with Gasteiger partial charge in [0, 0.05) is 9.50 Å². The van der Waals surface area contributed by atoms with Gasteiger partial charge in [-0.3, -0.25) is 4.79 Å². The molecule has 0 atom stereocenters. The third kappa shape index (κ3) is 6.03. The maximum absolute atomic E-state index is 13.6. The zero-order valence-corrected chi connectivity index (χ0v) is 15.5. The Labute approximate surface area is 157 Å². The third-order valence-corrected chi connectivity index (χ3v) is 3.78. The summed E-state index contributed by atoms with van der Waals surface area (Å²) in [6.07, 6.45) is 0. The predicted octanol–water partition coefficient (Wildman–Crippen LogP) is 4.11. The molecule has 0 unspecified atom stereocenters. The smallest absolute Gasteiger partial charge is 0.344 e. The fraction of sp³-hybridized carbons (Fsp3) is 0.176. The van der Waals surface area contributed by atoms with E-state index in [2.05, 4.69) is 21.2 Å².